The fraction of sp³-hybridized carbons (Fsp3) is 0.371. The van der Waals surface area contributed by atoms with Crippen LogP contribution in [0.25, 0.3) is 5.76 Å². The SMILES string of the molecule is CCCCCOc1ccc(C2/C(=C(\O)c3ccc(OCc4ccccc4C)cc3)C(=O)C(=O)N2CCCOC)cc1OC. The number of Topliss-reactive ketones (excluding diaryl/α,β-unsaturated/α-hetero) is 1. The molecule has 4 rings (SSSR count). The maximum absolute atomic E-state index is 13.4. The monoisotopic (exact) mass is 587 g/mol. The van der Waals surface area contributed by atoms with Crippen LogP contribution < -0.4 is 14.2 Å². The van der Waals surface area contributed by atoms with Crippen molar-refractivity contribution >= 4 is 17.4 Å². The molecule has 0 aromatic heterocycles. The number of likely N-dealkylation sites (tertiary alicyclic amines) is 1. The van der Waals surface area contributed by atoms with Gasteiger partial charge in [0.25, 0.3) is 11.7 Å². The van der Waals surface area contributed by atoms with E-state index in [0.717, 1.165) is 30.4 Å². The van der Waals surface area contributed by atoms with Crippen molar-refractivity contribution in [3.05, 3.63) is 94.6 Å². The summed E-state index contributed by atoms with van der Waals surface area (Å²) in [6.45, 7) is 5.84. The summed E-state index contributed by atoms with van der Waals surface area (Å²) in [5.74, 6) is 0.0440. The van der Waals surface area contributed by atoms with Crippen molar-refractivity contribution in [2.75, 3.05) is 34.0 Å². The molecule has 1 N–H and O–H groups in total. The second-order valence-corrected chi connectivity index (χ2v) is 10.5. The number of hydrogen-bond donors (Lipinski definition) is 1. The number of carbonyl (C=O) groups is 2. The second-order valence-electron chi connectivity index (χ2n) is 10.5. The van der Waals surface area contributed by atoms with Crippen molar-refractivity contribution in [2.24, 2.45) is 0 Å². The van der Waals surface area contributed by atoms with E-state index in [9.17, 15) is 14.7 Å². The van der Waals surface area contributed by atoms with Gasteiger partial charge < -0.3 is 29.0 Å². The second kappa shape index (κ2) is 15.3. The Kier molecular flexibility index (Phi) is 11.2. The van der Waals surface area contributed by atoms with E-state index in [0.29, 0.717) is 54.6 Å². The van der Waals surface area contributed by atoms with Gasteiger partial charge in [0, 0.05) is 25.8 Å². The van der Waals surface area contributed by atoms with E-state index in [1.165, 1.54) is 4.90 Å². The number of amides is 1. The summed E-state index contributed by atoms with van der Waals surface area (Å²) in [5.41, 5.74) is 3.28. The molecule has 0 spiro atoms. The van der Waals surface area contributed by atoms with Crippen molar-refractivity contribution < 1.29 is 33.6 Å². The van der Waals surface area contributed by atoms with Crippen LogP contribution in [0.4, 0.5) is 0 Å². The fourth-order valence-electron chi connectivity index (χ4n) is 5.14. The number of ketones is 1. The lowest BCUT2D eigenvalue weighted by Gasteiger charge is -2.26. The van der Waals surface area contributed by atoms with Crippen molar-refractivity contribution in [1.29, 1.82) is 0 Å². The third-order valence-corrected chi connectivity index (χ3v) is 7.58. The van der Waals surface area contributed by atoms with Gasteiger partial charge in [-0.1, -0.05) is 50.1 Å². The van der Waals surface area contributed by atoms with Crippen LogP contribution in [0.15, 0.2) is 72.3 Å². The molecule has 1 atom stereocenters. The van der Waals surface area contributed by atoms with E-state index in [2.05, 4.69) is 6.92 Å². The van der Waals surface area contributed by atoms with E-state index in [-0.39, 0.29) is 17.9 Å². The lowest BCUT2D eigenvalue weighted by Crippen LogP contribution is -2.31. The molecule has 1 heterocycles. The fourth-order valence-corrected chi connectivity index (χ4v) is 5.14. The van der Waals surface area contributed by atoms with Crippen LogP contribution in [-0.2, 0) is 20.9 Å². The van der Waals surface area contributed by atoms with Gasteiger partial charge in [0.05, 0.1) is 25.3 Å². The van der Waals surface area contributed by atoms with Gasteiger partial charge in [-0.3, -0.25) is 9.59 Å². The predicted octanol–water partition coefficient (Wildman–Crippen LogP) is 6.61. The summed E-state index contributed by atoms with van der Waals surface area (Å²) in [7, 11) is 3.14. The first-order valence-electron chi connectivity index (χ1n) is 14.7. The molecular formula is C35H41NO7. The molecule has 1 unspecified atom stereocenters. The van der Waals surface area contributed by atoms with Crippen LogP contribution in [0, 0.1) is 6.92 Å². The van der Waals surface area contributed by atoms with Crippen LogP contribution in [0.3, 0.4) is 0 Å². The van der Waals surface area contributed by atoms with Crippen LogP contribution in [0.1, 0.15) is 60.9 Å². The number of carbonyl (C=O) groups excluding carboxylic acids is 2. The molecule has 43 heavy (non-hydrogen) atoms. The Hall–Kier alpha value is -4.30. The first-order chi connectivity index (χ1) is 20.9. The summed E-state index contributed by atoms with van der Waals surface area (Å²) >= 11 is 0. The topological polar surface area (TPSA) is 94.5 Å². The quantitative estimate of drug-likeness (QED) is 0.0925. The Labute approximate surface area is 253 Å². The Morgan fingerprint density at radius 3 is 2.35 bits per heavy atom. The van der Waals surface area contributed by atoms with Crippen molar-refractivity contribution in [2.45, 2.75) is 52.2 Å². The van der Waals surface area contributed by atoms with E-state index in [1.54, 1.807) is 50.6 Å². The highest BCUT2D eigenvalue weighted by molar-refractivity contribution is 6.46. The number of aryl methyl sites for hydroxylation is 1. The minimum Gasteiger partial charge on any atom is -0.507 e. The molecule has 3 aromatic carbocycles. The highest BCUT2D eigenvalue weighted by Crippen LogP contribution is 2.42. The third kappa shape index (κ3) is 7.56. The van der Waals surface area contributed by atoms with Crippen LogP contribution >= 0.6 is 0 Å². The van der Waals surface area contributed by atoms with Gasteiger partial charge in [-0.25, -0.2) is 0 Å². The molecule has 0 bridgehead atoms. The molecule has 1 amide bonds. The minimum atomic E-state index is -0.808. The average molecular weight is 588 g/mol. The number of benzene rings is 3. The van der Waals surface area contributed by atoms with Crippen LogP contribution in [0.5, 0.6) is 17.2 Å². The summed E-state index contributed by atoms with van der Waals surface area (Å²) < 4.78 is 22.7. The van der Waals surface area contributed by atoms with Crippen molar-refractivity contribution in [3.63, 3.8) is 0 Å². The largest absolute Gasteiger partial charge is 0.507 e. The lowest BCUT2D eigenvalue weighted by molar-refractivity contribution is -0.140. The maximum Gasteiger partial charge on any atom is 0.295 e. The zero-order valence-corrected chi connectivity index (χ0v) is 25.4. The Balaban J connectivity index is 1.65. The molecule has 228 valence electrons. The van der Waals surface area contributed by atoms with Crippen molar-refractivity contribution in [1.82, 2.24) is 4.90 Å². The van der Waals surface area contributed by atoms with Crippen molar-refractivity contribution in [3.8, 4) is 17.2 Å². The van der Waals surface area contributed by atoms with Gasteiger partial charge in [-0.15, -0.1) is 0 Å². The number of rotatable bonds is 15. The molecular weight excluding hydrogens is 546 g/mol. The smallest absolute Gasteiger partial charge is 0.295 e. The van der Waals surface area contributed by atoms with Gasteiger partial charge in [-0.2, -0.15) is 0 Å². The van der Waals surface area contributed by atoms with Gasteiger partial charge in [0.1, 0.15) is 18.1 Å². The number of unbranched alkanes of at least 4 members (excludes halogenated alkanes) is 2. The normalized spacial score (nSPS) is 16.0. The summed E-state index contributed by atoms with van der Waals surface area (Å²) in [5, 5.41) is 11.5. The molecule has 1 fully saturated rings. The van der Waals surface area contributed by atoms with Gasteiger partial charge in [-0.05, 0) is 72.9 Å². The number of ether oxygens (including phenoxy) is 4. The molecule has 1 aliphatic rings. The highest BCUT2D eigenvalue weighted by Gasteiger charge is 2.46. The van der Waals surface area contributed by atoms with E-state index in [4.69, 9.17) is 18.9 Å². The summed E-state index contributed by atoms with van der Waals surface area (Å²) in [6.07, 6.45) is 3.61. The van der Waals surface area contributed by atoms with E-state index in [1.807, 2.05) is 37.3 Å². The average Bonchev–Trinajstić information content (AvgIpc) is 3.28. The molecule has 0 saturated carbocycles. The first kappa shape index (κ1) is 31.6. The number of aliphatic hydroxyl groups is 1. The van der Waals surface area contributed by atoms with Gasteiger partial charge in [0.2, 0.25) is 0 Å². The van der Waals surface area contributed by atoms with Crippen LogP contribution in [-0.4, -0.2) is 55.7 Å². The van der Waals surface area contributed by atoms with E-state index >= 15 is 0 Å². The van der Waals surface area contributed by atoms with Crippen LogP contribution in [0.2, 0.25) is 0 Å². The molecule has 0 radical (unpaired) electrons. The van der Waals surface area contributed by atoms with E-state index < -0.39 is 17.7 Å². The standard InChI is InChI=1S/C35H41NO7/c1-5-6-9-21-42-29-18-15-26(22-30(29)41-4)32-31(34(38)35(39)36(32)19-10-20-40-3)33(37)25-13-16-28(17-14-25)43-23-27-12-8-7-11-24(27)2/h7-8,11-18,22,32,37H,5-6,9-10,19-21,23H2,1-4H3/b33-31+. The maximum atomic E-state index is 13.4. The number of hydrogen-bond acceptors (Lipinski definition) is 7. The lowest BCUT2D eigenvalue weighted by atomic mass is 9.95. The molecule has 8 heteroatoms. The minimum absolute atomic E-state index is 0.0228. The Bertz CT molecular complexity index is 1430. The molecule has 8 nitrogen and oxygen atoms in total. The first-order valence-corrected chi connectivity index (χ1v) is 14.7. The number of methoxy groups -OCH3 is 2. The Morgan fingerprint density at radius 1 is 0.884 bits per heavy atom. The summed E-state index contributed by atoms with van der Waals surface area (Å²) in [6, 6.07) is 19.4. The number of aliphatic hydroxyl groups excluding tert-OH is 1. The predicted molar refractivity (Wildman–Crippen MR) is 165 cm³/mol. The van der Waals surface area contributed by atoms with Gasteiger partial charge in [0.15, 0.2) is 11.5 Å². The van der Waals surface area contributed by atoms with Gasteiger partial charge >= 0.3 is 0 Å². The molecule has 3 aromatic rings. The molecule has 1 aliphatic heterocycles. The third-order valence-electron chi connectivity index (χ3n) is 7.58. The zero-order chi connectivity index (χ0) is 30.8. The number of nitrogens with zero attached hydrogens (tertiary/aromatic N) is 1. The highest BCUT2D eigenvalue weighted by atomic mass is 16.5. The Morgan fingerprint density at radius 2 is 1.65 bits per heavy atom. The molecule has 1 saturated heterocycles. The summed E-state index contributed by atoms with van der Waals surface area (Å²) in [4.78, 5) is 28.2. The zero-order valence-electron chi connectivity index (χ0n) is 25.4. The molecule has 0 aliphatic carbocycles.